The van der Waals surface area contributed by atoms with Crippen LogP contribution in [0, 0.1) is 18.8 Å². The third-order valence-electron chi connectivity index (χ3n) is 4.17. The molecule has 0 amide bonds. The average molecular weight is 260 g/mol. The van der Waals surface area contributed by atoms with Gasteiger partial charge < -0.3 is 0 Å². The second-order valence-corrected chi connectivity index (χ2v) is 7.29. The van der Waals surface area contributed by atoms with Gasteiger partial charge in [0.25, 0.3) is 0 Å². The van der Waals surface area contributed by atoms with Gasteiger partial charge in [0.1, 0.15) is 0 Å². The van der Waals surface area contributed by atoms with Crippen molar-refractivity contribution in [1.82, 2.24) is 0 Å². The molecule has 98 valence electrons. The molecule has 1 aromatic rings. The van der Waals surface area contributed by atoms with Crippen LogP contribution < -0.4 is 0 Å². The normalized spacial score (nSPS) is 28.7. The molecule has 0 radical (unpaired) electrons. The molecule has 0 spiro atoms. The summed E-state index contributed by atoms with van der Waals surface area (Å²) in [6.45, 7) is 11.6. The number of fused-ring (bicyclic) bond motifs is 1. The molecule has 18 heavy (non-hydrogen) atoms. The van der Waals surface area contributed by atoms with Crippen LogP contribution in [0.5, 0.6) is 0 Å². The zero-order valence-corrected chi connectivity index (χ0v) is 13.0. The molecule has 0 N–H and O–H groups in total. The van der Waals surface area contributed by atoms with Crippen molar-refractivity contribution in [3.63, 3.8) is 0 Å². The van der Waals surface area contributed by atoms with E-state index in [4.69, 9.17) is 0 Å². The summed E-state index contributed by atoms with van der Waals surface area (Å²) in [5.41, 5.74) is 4.28. The highest BCUT2D eigenvalue weighted by Gasteiger charge is 2.20. The molecule has 3 unspecified atom stereocenters. The molecule has 1 aliphatic heterocycles. The van der Waals surface area contributed by atoms with Gasteiger partial charge in [-0.05, 0) is 49.3 Å². The number of benzene rings is 1. The van der Waals surface area contributed by atoms with Crippen molar-refractivity contribution in [3.8, 4) is 0 Å². The van der Waals surface area contributed by atoms with Gasteiger partial charge in [0.2, 0.25) is 0 Å². The van der Waals surface area contributed by atoms with Gasteiger partial charge in [-0.2, -0.15) is 0 Å². The van der Waals surface area contributed by atoms with Gasteiger partial charge in [0.05, 0.1) is 0 Å². The van der Waals surface area contributed by atoms with Crippen LogP contribution in [0.15, 0.2) is 28.7 Å². The van der Waals surface area contributed by atoms with Crippen molar-refractivity contribution in [1.29, 1.82) is 0 Å². The smallest absolute Gasteiger partial charge is 0.0150 e. The fourth-order valence-corrected chi connectivity index (χ4v) is 3.76. The van der Waals surface area contributed by atoms with Crippen LogP contribution in [0.4, 0.5) is 0 Å². The lowest BCUT2D eigenvalue weighted by atomic mass is 9.89. The molecular weight excluding hydrogens is 236 g/mol. The zero-order valence-electron chi connectivity index (χ0n) is 12.2. The van der Waals surface area contributed by atoms with Gasteiger partial charge in [-0.15, -0.1) is 11.8 Å². The van der Waals surface area contributed by atoms with E-state index in [0.29, 0.717) is 11.2 Å². The second-order valence-electron chi connectivity index (χ2n) is 5.87. The third-order valence-corrected chi connectivity index (χ3v) is 5.61. The summed E-state index contributed by atoms with van der Waals surface area (Å²) in [5, 5.41) is 0.687. The molecule has 0 fully saturated rings. The van der Waals surface area contributed by atoms with E-state index >= 15 is 0 Å². The zero-order chi connectivity index (χ0) is 13.3. The first-order chi connectivity index (χ1) is 8.47. The summed E-state index contributed by atoms with van der Waals surface area (Å²) in [4.78, 5) is 1.45. The first-order valence-electron chi connectivity index (χ1n) is 6.93. The molecular formula is C17H24S. The Morgan fingerprint density at radius 2 is 1.83 bits per heavy atom. The van der Waals surface area contributed by atoms with Crippen molar-refractivity contribution in [2.45, 2.75) is 51.2 Å². The molecule has 1 aromatic carbocycles. The summed E-state index contributed by atoms with van der Waals surface area (Å²) in [5.74, 6) is 1.45. The van der Waals surface area contributed by atoms with E-state index in [-0.39, 0.29) is 0 Å². The number of thioether (sulfide) groups is 1. The molecule has 0 bridgehead atoms. The number of rotatable bonds is 0. The van der Waals surface area contributed by atoms with Crippen LogP contribution >= 0.6 is 11.8 Å². The van der Waals surface area contributed by atoms with E-state index < -0.39 is 0 Å². The molecule has 0 saturated heterocycles. The van der Waals surface area contributed by atoms with Crippen LogP contribution in [-0.2, 0) is 0 Å². The standard InChI is InChI=1S/C17H24S/c1-11-6-7-16-10-13(3)12(2)9-14(4)15(5)18-17(16)8-11/h6-8,10,12,14-15H,9H2,1-5H3. The quantitative estimate of drug-likeness (QED) is 0.589. The Hall–Kier alpha value is -0.690. The number of hydrogen-bond acceptors (Lipinski definition) is 1. The van der Waals surface area contributed by atoms with Crippen molar-refractivity contribution in [3.05, 3.63) is 34.9 Å². The molecule has 1 heterocycles. The number of aryl methyl sites for hydroxylation is 1. The van der Waals surface area contributed by atoms with Crippen molar-refractivity contribution < 1.29 is 0 Å². The number of hydrogen-bond donors (Lipinski definition) is 0. The van der Waals surface area contributed by atoms with E-state index in [1.807, 2.05) is 11.8 Å². The van der Waals surface area contributed by atoms with Crippen molar-refractivity contribution in [2.24, 2.45) is 11.8 Å². The summed E-state index contributed by atoms with van der Waals surface area (Å²) in [6.07, 6.45) is 3.68. The molecule has 0 aliphatic carbocycles. The molecule has 3 atom stereocenters. The average Bonchev–Trinajstić information content (AvgIpc) is 2.34. The highest BCUT2D eigenvalue weighted by molar-refractivity contribution is 8.00. The maximum absolute atomic E-state index is 2.39. The Morgan fingerprint density at radius 1 is 1.11 bits per heavy atom. The maximum Gasteiger partial charge on any atom is 0.0150 e. The summed E-state index contributed by atoms with van der Waals surface area (Å²) >= 11 is 2.04. The van der Waals surface area contributed by atoms with Crippen molar-refractivity contribution in [2.75, 3.05) is 0 Å². The fraction of sp³-hybridized carbons (Fsp3) is 0.529. The molecule has 0 nitrogen and oxygen atoms in total. The number of allylic oxidation sites excluding steroid dienone is 1. The van der Waals surface area contributed by atoms with Crippen molar-refractivity contribution >= 4 is 17.8 Å². The van der Waals surface area contributed by atoms with Gasteiger partial charge >= 0.3 is 0 Å². The van der Waals surface area contributed by atoms with Crippen LogP contribution in [0.3, 0.4) is 0 Å². The van der Waals surface area contributed by atoms with Crippen LogP contribution in [0.25, 0.3) is 6.08 Å². The highest BCUT2D eigenvalue weighted by Crippen LogP contribution is 2.37. The van der Waals surface area contributed by atoms with Crippen LogP contribution in [-0.4, -0.2) is 5.25 Å². The molecule has 0 saturated carbocycles. The maximum atomic E-state index is 2.39. The lowest BCUT2D eigenvalue weighted by Gasteiger charge is -2.22. The van der Waals surface area contributed by atoms with E-state index in [1.54, 1.807) is 0 Å². The second kappa shape index (κ2) is 5.52. The molecule has 0 aromatic heterocycles. The molecule has 1 heteroatoms. The van der Waals surface area contributed by atoms with E-state index in [1.165, 1.54) is 28.0 Å². The van der Waals surface area contributed by atoms with Crippen LogP contribution in [0.1, 0.15) is 45.2 Å². The third kappa shape index (κ3) is 3.00. The Balaban J connectivity index is 2.47. The predicted octanol–water partition coefficient (Wildman–Crippen LogP) is 5.55. The Morgan fingerprint density at radius 3 is 2.56 bits per heavy atom. The minimum atomic E-state index is 0.687. The van der Waals surface area contributed by atoms with Crippen LogP contribution in [0.2, 0.25) is 0 Å². The fourth-order valence-electron chi connectivity index (χ4n) is 2.50. The van der Waals surface area contributed by atoms with E-state index in [0.717, 1.165) is 5.92 Å². The van der Waals surface area contributed by atoms with Gasteiger partial charge in [-0.25, -0.2) is 0 Å². The Bertz CT molecular complexity index is 459. The van der Waals surface area contributed by atoms with E-state index in [9.17, 15) is 0 Å². The Labute approximate surface area is 116 Å². The van der Waals surface area contributed by atoms with Gasteiger partial charge in [0.15, 0.2) is 0 Å². The summed E-state index contributed by atoms with van der Waals surface area (Å²) < 4.78 is 0. The first-order valence-corrected chi connectivity index (χ1v) is 7.81. The SMILES string of the molecule is CC1=Cc2ccc(C)cc2SC(C)C(C)CC1C. The topological polar surface area (TPSA) is 0 Å². The predicted molar refractivity (Wildman–Crippen MR) is 83.1 cm³/mol. The largest absolute Gasteiger partial charge is 0.122 e. The van der Waals surface area contributed by atoms with E-state index in [2.05, 4.69) is 58.9 Å². The summed E-state index contributed by atoms with van der Waals surface area (Å²) in [6, 6.07) is 6.83. The summed E-state index contributed by atoms with van der Waals surface area (Å²) in [7, 11) is 0. The lowest BCUT2D eigenvalue weighted by Crippen LogP contribution is -2.13. The lowest BCUT2D eigenvalue weighted by molar-refractivity contribution is 0.452. The first kappa shape index (κ1) is 13.7. The Kier molecular flexibility index (Phi) is 4.21. The van der Waals surface area contributed by atoms with Gasteiger partial charge in [0, 0.05) is 10.1 Å². The highest BCUT2D eigenvalue weighted by atomic mass is 32.2. The molecule has 2 rings (SSSR count). The minimum Gasteiger partial charge on any atom is -0.122 e. The minimum absolute atomic E-state index is 0.687. The monoisotopic (exact) mass is 260 g/mol. The van der Waals surface area contributed by atoms with Gasteiger partial charge in [-0.1, -0.05) is 44.6 Å². The molecule has 1 aliphatic rings. The van der Waals surface area contributed by atoms with Gasteiger partial charge in [-0.3, -0.25) is 0 Å².